The first-order chi connectivity index (χ1) is 6.98. The molecule has 0 saturated carbocycles. The zero-order valence-corrected chi connectivity index (χ0v) is 8.80. The molecule has 2 nitrogen and oxygen atoms in total. The second-order valence-corrected chi connectivity index (χ2v) is 3.77. The Hall–Kier alpha value is -1.17. The second-order valence-electron chi connectivity index (χ2n) is 2.92. The second kappa shape index (κ2) is 3.44. The fourth-order valence-electron chi connectivity index (χ4n) is 1.22. The van der Waals surface area contributed by atoms with Crippen LogP contribution in [0.4, 0.5) is 13.2 Å². The van der Waals surface area contributed by atoms with E-state index in [2.05, 4.69) is 25.9 Å². The molecule has 0 amide bonds. The zero-order chi connectivity index (χ0) is 11.1. The van der Waals surface area contributed by atoms with Crippen LogP contribution in [0.3, 0.4) is 0 Å². The highest BCUT2D eigenvalue weighted by atomic mass is 79.9. The van der Waals surface area contributed by atoms with Crippen LogP contribution in [0.1, 0.15) is 5.56 Å². The molecule has 6 heteroatoms. The summed E-state index contributed by atoms with van der Waals surface area (Å²) in [5, 5.41) is 0.360. The quantitative estimate of drug-likeness (QED) is 0.737. The normalized spacial score (nSPS) is 12.0. The summed E-state index contributed by atoms with van der Waals surface area (Å²) in [6.07, 6.45) is -1.71. The molecule has 0 atom stereocenters. The lowest BCUT2D eigenvalue weighted by molar-refractivity contribution is -0.137. The van der Waals surface area contributed by atoms with E-state index in [0.717, 1.165) is 12.1 Å². The van der Waals surface area contributed by atoms with E-state index in [-0.39, 0.29) is 0 Å². The van der Waals surface area contributed by atoms with E-state index in [1.807, 2.05) is 0 Å². The number of rotatable bonds is 0. The van der Waals surface area contributed by atoms with Crippen LogP contribution in [0, 0.1) is 0 Å². The highest BCUT2D eigenvalue weighted by molar-refractivity contribution is 9.10. The molecule has 1 heterocycles. The predicted octanol–water partition coefficient (Wildman–Crippen LogP) is 3.41. The summed E-state index contributed by atoms with van der Waals surface area (Å²) in [5.41, 5.74) is -0.241. The first-order valence-electron chi connectivity index (χ1n) is 3.95. The Bertz CT molecular complexity index is 510. The highest BCUT2D eigenvalue weighted by Crippen LogP contribution is 2.34. The minimum Gasteiger partial charge on any atom is -0.244 e. The molecule has 0 radical (unpaired) electrons. The van der Waals surface area contributed by atoms with Crippen molar-refractivity contribution >= 4 is 26.8 Å². The van der Waals surface area contributed by atoms with E-state index in [1.165, 1.54) is 12.5 Å². The maximum atomic E-state index is 12.4. The van der Waals surface area contributed by atoms with Crippen molar-refractivity contribution in [2.24, 2.45) is 0 Å². The number of nitrogens with zero attached hydrogens (tertiary/aromatic N) is 2. The number of alkyl halides is 3. The molecule has 0 spiro atoms. The van der Waals surface area contributed by atoms with Crippen molar-refractivity contribution in [3.05, 3.63) is 34.7 Å². The van der Waals surface area contributed by atoms with Gasteiger partial charge in [0.2, 0.25) is 0 Å². The molecule has 0 N–H and O–H groups in total. The predicted molar refractivity (Wildman–Crippen MR) is 52.2 cm³/mol. The van der Waals surface area contributed by atoms with Gasteiger partial charge in [-0.1, -0.05) is 0 Å². The third-order valence-electron chi connectivity index (χ3n) is 1.89. The van der Waals surface area contributed by atoms with Crippen LogP contribution in [-0.4, -0.2) is 9.97 Å². The van der Waals surface area contributed by atoms with Crippen LogP contribution in [-0.2, 0) is 6.18 Å². The van der Waals surface area contributed by atoms with Crippen LogP contribution in [0.15, 0.2) is 29.1 Å². The molecule has 0 aliphatic rings. The lowest BCUT2D eigenvalue weighted by Gasteiger charge is -2.08. The monoisotopic (exact) mass is 276 g/mol. The number of hydrogen-bond acceptors (Lipinski definition) is 2. The number of fused-ring (bicyclic) bond motifs is 1. The van der Waals surface area contributed by atoms with Crippen molar-refractivity contribution < 1.29 is 13.2 Å². The van der Waals surface area contributed by atoms with E-state index in [4.69, 9.17) is 0 Å². The number of hydrogen-bond donors (Lipinski definition) is 0. The smallest absolute Gasteiger partial charge is 0.244 e. The zero-order valence-electron chi connectivity index (χ0n) is 7.22. The molecule has 78 valence electrons. The molecule has 2 rings (SSSR count). The average molecular weight is 277 g/mol. The molecule has 0 fully saturated rings. The van der Waals surface area contributed by atoms with Gasteiger partial charge in [0.15, 0.2) is 0 Å². The van der Waals surface area contributed by atoms with E-state index in [1.54, 1.807) is 0 Å². The summed E-state index contributed by atoms with van der Waals surface area (Å²) in [4.78, 5) is 7.56. The van der Waals surface area contributed by atoms with Gasteiger partial charge < -0.3 is 0 Å². The molecule has 0 aliphatic heterocycles. The lowest BCUT2D eigenvalue weighted by Crippen LogP contribution is -2.04. The maximum Gasteiger partial charge on any atom is 0.416 e. The molecular weight excluding hydrogens is 273 g/mol. The Morgan fingerprint density at radius 1 is 1.20 bits per heavy atom. The van der Waals surface area contributed by atoms with E-state index in [9.17, 15) is 13.2 Å². The molecule has 1 aromatic carbocycles. The molecule has 0 bridgehead atoms. The van der Waals surface area contributed by atoms with Crippen molar-refractivity contribution in [1.29, 1.82) is 0 Å². The van der Waals surface area contributed by atoms with Crippen LogP contribution >= 0.6 is 15.9 Å². The Balaban J connectivity index is 2.73. The van der Waals surface area contributed by atoms with Gasteiger partial charge in [0, 0.05) is 16.1 Å². The Morgan fingerprint density at radius 3 is 2.60 bits per heavy atom. The Labute approximate surface area is 91.3 Å². The van der Waals surface area contributed by atoms with E-state index < -0.39 is 11.7 Å². The topological polar surface area (TPSA) is 25.8 Å². The van der Waals surface area contributed by atoms with Gasteiger partial charge in [-0.2, -0.15) is 13.2 Å². The van der Waals surface area contributed by atoms with E-state index in [0.29, 0.717) is 15.4 Å². The van der Waals surface area contributed by atoms with Crippen LogP contribution in [0.5, 0.6) is 0 Å². The third kappa shape index (κ3) is 1.94. The summed E-state index contributed by atoms with van der Waals surface area (Å²) in [5.74, 6) is 0. The standard InChI is InChI=1S/C9H4BrF3N2/c10-7-2-6(9(11,12)13)1-5-3-14-4-15-8(5)7/h1-4H. The largest absolute Gasteiger partial charge is 0.416 e. The first-order valence-corrected chi connectivity index (χ1v) is 4.74. The summed E-state index contributed by atoms with van der Waals surface area (Å²) in [6.45, 7) is 0. The Kier molecular flexibility index (Phi) is 2.38. The molecule has 2 aromatic rings. The summed E-state index contributed by atoms with van der Waals surface area (Å²) < 4.78 is 37.6. The number of benzene rings is 1. The fourth-order valence-corrected chi connectivity index (χ4v) is 1.80. The minimum absolute atomic E-state index is 0.315. The molecule has 1 aromatic heterocycles. The van der Waals surface area contributed by atoms with E-state index >= 15 is 0 Å². The summed E-state index contributed by atoms with van der Waals surface area (Å²) >= 11 is 3.05. The summed E-state index contributed by atoms with van der Waals surface area (Å²) in [6, 6.07) is 2.04. The Morgan fingerprint density at radius 2 is 1.93 bits per heavy atom. The maximum absolute atomic E-state index is 12.4. The number of aromatic nitrogens is 2. The van der Waals surface area contributed by atoms with Crippen molar-refractivity contribution in [3.63, 3.8) is 0 Å². The summed E-state index contributed by atoms with van der Waals surface area (Å²) in [7, 11) is 0. The first kappa shape index (κ1) is 10.4. The minimum atomic E-state index is -4.35. The molecule has 0 saturated heterocycles. The van der Waals surface area contributed by atoms with Crippen LogP contribution in [0.25, 0.3) is 10.9 Å². The van der Waals surface area contributed by atoms with Gasteiger partial charge in [0.25, 0.3) is 0 Å². The number of halogens is 4. The lowest BCUT2D eigenvalue weighted by atomic mass is 10.1. The highest BCUT2D eigenvalue weighted by Gasteiger charge is 2.31. The van der Waals surface area contributed by atoms with Crippen LogP contribution < -0.4 is 0 Å². The molecular formula is C9H4BrF3N2. The van der Waals surface area contributed by atoms with Gasteiger partial charge in [-0.3, -0.25) is 0 Å². The van der Waals surface area contributed by atoms with Crippen molar-refractivity contribution in [3.8, 4) is 0 Å². The van der Waals surface area contributed by atoms with Crippen molar-refractivity contribution in [2.75, 3.05) is 0 Å². The van der Waals surface area contributed by atoms with Gasteiger partial charge in [-0.05, 0) is 28.1 Å². The van der Waals surface area contributed by atoms with Crippen LogP contribution in [0.2, 0.25) is 0 Å². The fraction of sp³-hybridized carbons (Fsp3) is 0.111. The van der Waals surface area contributed by atoms with Gasteiger partial charge in [-0.15, -0.1) is 0 Å². The van der Waals surface area contributed by atoms with Crippen molar-refractivity contribution in [1.82, 2.24) is 9.97 Å². The SMILES string of the molecule is FC(F)(F)c1cc(Br)c2ncncc2c1. The molecule has 15 heavy (non-hydrogen) atoms. The van der Waals surface area contributed by atoms with Gasteiger partial charge in [0.05, 0.1) is 11.1 Å². The van der Waals surface area contributed by atoms with Gasteiger partial charge in [0.1, 0.15) is 6.33 Å². The van der Waals surface area contributed by atoms with Gasteiger partial charge >= 0.3 is 6.18 Å². The molecule has 0 aliphatic carbocycles. The average Bonchev–Trinajstić information content (AvgIpc) is 2.16. The van der Waals surface area contributed by atoms with Crippen molar-refractivity contribution in [2.45, 2.75) is 6.18 Å². The van der Waals surface area contributed by atoms with Gasteiger partial charge in [-0.25, -0.2) is 9.97 Å². The third-order valence-corrected chi connectivity index (χ3v) is 2.49. The molecule has 0 unspecified atom stereocenters.